The van der Waals surface area contributed by atoms with Crippen LogP contribution in [0, 0.1) is 6.42 Å². The number of methoxy groups -OCH3 is 1. The maximum atomic E-state index is 5.31. The van der Waals surface area contributed by atoms with E-state index < -0.39 is 0 Å². The van der Waals surface area contributed by atoms with Gasteiger partial charge in [0.1, 0.15) is 0 Å². The highest BCUT2D eigenvalue weighted by molar-refractivity contribution is 5.33. The molecular weight excluding hydrogens is 148 g/mol. The Balaban J connectivity index is 2.37. The maximum Gasteiger partial charge on any atom is 0.0893 e. The summed E-state index contributed by atoms with van der Waals surface area (Å²) < 4.78 is 5.31. The van der Waals surface area contributed by atoms with Gasteiger partial charge in [0.25, 0.3) is 0 Å². The van der Waals surface area contributed by atoms with E-state index in [0.717, 1.165) is 12.8 Å². The molecule has 2 radical (unpaired) electrons. The second-order valence-electron chi connectivity index (χ2n) is 3.02. The molecule has 0 fully saturated rings. The number of fused-ring (bicyclic) bond motifs is 1. The molecule has 1 aliphatic rings. The zero-order valence-electron chi connectivity index (χ0n) is 7.21. The largest absolute Gasteiger partial charge is 0.376 e. The average molecular weight is 160 g/mol. The smallest absolute Gasteiger partial charge is 0.0893 e. The minimum atomic E-state index is 0.0925. The van der Waals surface area contributed by atoms with Crippen LogP contribution in [0.1, 0.15) is 23.7 Å². The predicted molar refractivity (Wildman–Crippen MR) is 47.8 cm³/mol. The molecule has 1 aromatic carbocycles. The lowest BCUT2D eigenvalue weighted by molar-refractivity contribution is 0.122. The fourth-order valence-corrected chi connectivity index (χ4v) is 1.68. The monoisotopic (exact) mass is 160 g/mol. The summed E-state index contributed by atoms with van der Waals surface area (Å²) in [7, 11) is 1.74. The normalized spacial score (nSPS) is 21.9. The lowest BCUT2D eigenvalue weighted by Crippen LogP contribution is -2.11. The third-order valence-electron chi connectivity index (χ3n) is 2.30. The van der Waals surface area contributed by atoms with Crippen LogP contribution in [0.4, 0.5) is 0 Å². The Bertz CT molecular complexity index is 267. The van der Waals surface area contributed by atoms with E-state index in [1.54, 1.807) is 7.11 Å². The van der Waals surface area contributed by atoms with Crippen LogP contribution >= 0.6 is 0 Å². The molecule has 1 aromatic rings. The highest BCUT2D eigenvalue weighted by Crippen LogP contribution is 2.30. The Morgan fingerprint density at radius 3 is 3.08 bits per heavy atom. The predicted octanol–water partition coefficient (Wildman–Crippen LogP) is 2.40. The number of benzene rings is 1. The van der Waals surface area contributed by atoms with Crippen molar-refractivity contribution in [3.63, 3.8) is 0 Å². The Morgan fingerprint density at radius 2 is 2.25 bits per heavy atom. The molecule has 1 heteroatoms. The van der Waals surface area contributed by atoms with Crippen molar-refractivity contribution in [3.05, 3.63) is 41.8 Å². The number of ether oxygens (including phenoxy) is 1. The fourth-order valence-electron chi connectivity index (χ4n) is 1.68. The minimum Gasteiger partial charge on any atom is -0.376 e. The second-order valence-corrected chi connectivity index (χ2v) is 3.02. The Morgan fingerprint density at radius 1 is 1.42 bits per heavy atom. The van der Waals surface area contributed by atoms with Crippen molar-refractivity contribution in [2.75, 3.05) is 7.11 Å². The number of aryl methyl sites for hydroxylation is 1. The van der Waals surface area contributed by atoms with Crippen molar-refractivity contribution < 1.29 is 4.74 Å². The van der Waals surface area contributed by atoms with Crippen LogP contribution in [0.2, 0.25) is 0 Å². The molecule has 0 spiro atoms. The summed E-state index contributed by atoms with van der Waals surface area (Å²) in [6.07, 6.45) is 5.51. The molecule has 1 aliphatic carbocycles. The standard InChI is InChI=1S/C11H12O/c1-12-11-8-4-6-9-5-2-3-7-10(9)11/h2-3,5,7,11H,4,6H2,1H3. The third-order valence-corrected chi connectivity index (χ3v) is 2.30. The molecule has 0 aromatic heterocycles. The molecule has 1 nitrogen and oxygen atoms in total. The van der Waals surface area contributed by atoms with Crippen LogP contribution < -0.4 is 0 Å². The molecule has 0 N–H and O–H groups in total. The zero-order chi connectivity index (χ0) is 8.39. The highest BCUT2D eigenvalue weighted by Gasteiger charge is 2.18. The fraction of sp³-hybridized carbons (Fsp3) is 0.364. The van der Waals surface area contributed by atoms with Gasteiger partial charge in [-0.2, -0.15) is 0 Å². The molecule has 1 unspecified atom stereocenters. The van der Waals surface area contributed by atoms with Crippen LogP contribution in [-0.2, 0) is 11.2 Å². The molecule has 0 aliphatic heterocycles. The lowest BCUT2D eigenvalue weighted by Gasteiger charge is -2.23. The molecule has 2 rings (SSSR count). The summed E-state index contributed by atoms with van der Waals surface area (Å²) in [5.41, 5.74) is 2.69. The Hall–Kier alpha value is -0.820. The van der Waals surface area contributed by atoms with E-state index >= 15 is 0 Å². The van der Waals surface area contributed by atoms with Crippen LogP contribution in [0.25, 0.3) is 0 Å². The minimum absolute atomic E-state index is 0.0925. The summed E-state index contributed by atoms with van der Waals surface area (Å²) in [6.45, 7) is 0. The maximum absolute atomic E-state index is 5.31. The van der Waals surface area contributed by atoms with E-state index in [-0.39, 0.29) is 6.10 Å². The van der Waals surface area contributed by atoms with Gasteiger partial charge in [0.05, 0.1) is 6.10 Å². The first-order valence-electron chi connectivity index (χ1n) is 4.26. The van der Waals surface area contributed by atoms with E-state index in [9.17, 15) is 0 Å². The van der Waals surface area contributed by atoms with Gasteiger partial charge in [-0.3, -0.25) is 0 Å². The van der Waals surface area contributed by atoms with Crippen LogP contribution in [0.15, 0.2) is 24.3 Å². The van der Waals surface area contributed by atoms with Crippen molar-refractivity contribution in [1.29, 1.82) is 0 Å². The van der Waals surface area contributed by atoms with E-state index in [0.29, 0.717) is 0 Å². The van der Waals surface area contributed by atoms with Crippen molar-refractivity contribution >= 4 is 0 Å². The molecule has 62 valence electrons. The van der Waals surface area contributed by atoms with Gasteiger partial charge in [0, 0.05) is 13.5 Å². The summed E-state index contributed by atoms with van der Waals surface area (Å²) in [5.74, 6) is 0. The van der Waals surface area contributed by atoms with Crippen molar-refractivity contribution in [3.8, 4) is 0 Å². The quantitative estimate of drug-likeness (QED) is 0.613. The molecule has 0 amide bonds. The van der Waals surface area contributed by atoms with E-state index in [4.69, 9.17) is 4.74 Å². The molecule has 0 bridgehead atoms. The van der Waals surface area contributed by atoms with Gasteiger partial charge in [-0.25, -0.2) is 0 Å². The molecule has 12 heavy (non-hydrogen) atoms. The van der Waals surface area contributed by atoms with Crippen LogP contribution in [-0.4, -0.2) is 7.11 Å². The van der Waals surface area contributed by atoms with E-state index in [1.807, 2.05) is 0 Å². The van der Waals surface area contributed by atoms with Crippen molar-refractivity contribution in [2.45, 2.75) is 18.9 Å². The molecule has 0 saturated carbocycles. The van der Waals surface area contributed by atoms with Gasteiger partial charge < -0.3 is 4.74 Å². The summed E-state index contributed by atoms with van der Waals surface area (Å²) >= 11 is 0. The third kappa shape index (κ3) is 1.25. The summed E-state index contributed by atoms with van der Waals surface area (Å²) in [6, 6.07) is 8.42. The van der Waals surface area contributed by atoms with E-state index in [1.165, 1.54) is 11.1 Å². The first-order chi connectivity index (χ1) is 5.92. The molecular formula is C11H12O. The van der Waals surface area contributed by atoms with Crippen LogP contribution in [0.5, 0.6) is 0 Å². The first kappa shape index (κ1) is 7.81. The van der Waals surface area contributed by atoms with Gasteiger partial charge in [-0.1, -0.05) is 24.3 Å². The first-order valence-corrected chi connectivity index (χ1v) is 4.26. The second kappa shape index (κ2) is 3.28. The Labute approximate surface area is 73.4 Å². The number of hydrogen-bond donors (Lipinski definition) is 0. The Kier molecular flexibility index (Phi) is 2.13. The lowest BCUT2D eigenvalue weighted by atomic mass is 9.89. The van der Waals surface area contributed by atoms with E-state index in [2.05, 4.69) is 30.7 Å². The SMILES string of the molecule is COC1[C]CCc2ccccc21. The number of rotatable bonds is 1. The molecule has 0 saturated heterocycles. The topological polar surface area (TPSA) is 9.23 Å². The van der Waals surface area contributed by atoms with Crippen molar-refractivity contribution in [2.24, 2.45) is 0 Å². The van der Waals surface area contributed by atoms with Gasteiger partial charge in [0.2, 0.25) is 0 Å². The van der Waals surface area contributed by atoms with Gasteiger partial charge >= 0.3 is 0 Å². The summed E-state index contributed by atoms with van der Waals surface area (Å²) in [4.78, 5) is 0. The van der Waals surface area contributed by atoms with Gasteiger partial charge in [-0.05, 0) is 24.0 Å². The van der Waals surface area contributed by atoms with Gasteiger partial charge in [-0.15, -0.1) is 0 Å². The molecule has 1 atom stereocenters. The highest BCUT2D eigenvalue weighted by atomic mass is 16.5. The average Bonchev–Trinajstić information content (AvgIpc) is 2.17. The van der Waals surface area contributed by atoms with Crippen LogP contribution in [0.3, 0.4) is 0 Å². The molecule has 0 heterocycles. The van der Waals surface area contributed by atoms with Crippen molar-refractivity contribution in [1.82, 2.24) is 0 Å². The summed E-state index contributed by atoms with van der Waals surface area (Å²) in [5, 5.41) is 0. The number of hydrogen-bond acceptors (Lipinski definition) is 1. The zero-order valence-corrected chi connectivity index (χ0v) is 7.21. The van der Waals surface area contributed by atoms with Gasteiger partial charge in [0.15, 0.2) is 0 Å².